The molecule has 2 aromatic rings. The lowest BCUT2D eigenvalue weighted by molar-refractivity contribution is -0.126. The molecule has 0 spiro atoms. The number of nitrogens with one attached hydrogen (secondary N) is 1. The highest BCUT2D eigenvalue weighted by atomic mass is 19.1. The molecule has 0 aliphatic rings. The monoisotopic (exact) mass is 318 g/mol. The van der Waals surface area contributed by atoms with E-state index in [1.807, 2.05) is 44.9 Å². The van der Waals surface area contributed by atoms with Gasteiger partial charge in [0.25, 0.3) is 0 Å². The molecule has 0 saturated carbocycles. The molecule has 0 fully saturated rings. The van der Waals surface area contributed by atoms with E-state index >= 15 is 0 Å². The molecule has 0 unspecified atom stereocenters. The number of hydrogen-bond acceptors (Lipinski definition) is 3. The van der Waals surface area contributed by atoms with Crippen molar-refractivity contribution in [1.29, 1.82) is 0 Å². The molecule has 5 heteroatoms. The molecule has 0 radical (unpaired) electrons. The molecular weight excluding hydrogens is 295 g/mol. The second-order valence-electron chi connectivity index (χ2n) is 5.89. The van der Waals surface area contributed by atoms with Crippen LogP contribution in [0.4, 0.5) is 4.39 Å². The van der Waals surface area contributed by atoms with Crippen molar-refractivity contribution in [3.63, 3.8) is 0 Å². The lowest BCUT2D eigenvalue weighted by Crippen LogP contribution is -2.43. The first-order valence-electron chi connectivity index (χ1n) is 7.68. The van der Waals surface area contributed by atoms with Gasteiger partial charge in [0.05, 0.1) is 18.6 Å². The van der Waals surface area contributed by atoms with Crippen molar-refractivity contribution in [2.75, 3.05) is 7.05 Å². The highest BCUT2D eigenvalue weighted by molar-refractivity contribution is 5.81. The maximum atomic E-state index is 13.0. The van der Waals surface area contributed by atoms with E-state index in [1.54, 1.807) is 12.1 Å². The molecule has 0 saturated heterocycles. The van der Waals surface area contributed by atoms with Crippen LogP contribution in [-0.2, 0) is 11.3 Å². The van der Waals surface area contributed by atoms with E-state index in [1.165, 1.54) is 12.1 Å². The number of carbonyl (C=O) groups is 1. The first-order valence-corrected chi connectivity index (χ1v) is 7.68. The van der Waals surface area contributed by atoms with Crippen molar-refractivity contribution < 1.29 is 13.6 Å². The largest absolute Gasteiger partial charge is 0.465 e. The average Bonchev–Trinajstić information content (AvgIpc) is 2.92. The van der Waals surface area contributed by atoms with Gasteiger partial charge >= 0.3 is 0 Å². The normalized spacial score (nSPS) is 13.8. The molecule has 0 aliphatic carbocycles. The standard InChI is InChI=1S/C18H23FN2O2/c1-12-5-10-17(23-12)11-21(4)14(3)18(22)20-13(2)15-6-8-16(19)9-7-15/h5-10,13-14H,11H2,1-4H3,(H,20,22)/t13-,14-/m1/s1. The van der Waals surface area contributed by atoms with Crippen molar-refractivity contribution in [3.8, 4) is 0 Å². The molecular formula is C18H23FN2O2. The first kappa shape index (κ1) is 17.2. The maximum Gasteiger partial charge on any atom is 0.237 e. The Morgan fingerprint density at radius 2 is 1.87 bits per heavy atom. The zero-order valence-electron chi connectivity index (χ0n) is 14.0. The van der Waals surface area contributed by atoms with Gasteiger partial charge in [-0.15, -0.1) is 0 Å². The molecule has 2 atom stereocenters. The van der Waals surface area contributed by atoms with Gasteiger partial charge in [-0.1, -0.05) is 12.1 Å². The Kier molecular flexibility index (Phi) is 5.55. The Morgan fingerprint density at radius 1 is 1.22 bits per heavy atom. The molecule has 1 heterocycles. The SMILES string of the molecule is Cc1ccc(CN(C)[C@H](C)C(=O)N[C@H](C)c2ccc(F)cc2)o1. The van der Waals surface area contributed by atoms with Gasteiger partial charge < -0.3 is 9.73 Å². The van der Waals surface area contributed by atoms with E-state index in [0.717, 1.165) is 17.1 Å². The molecule has 0 aliphatic heterocycles. The Hall–Kier alpha value is -2.14. The molecule has 1 amide bonds. The number of rotatable bonds is 6. The van der Waals surface area contributed by atoms with E-state index < -0.39 is 0 Å². The van der Waals surface area contributed by atoms with Crippen LogP contribution in [0.2, 0.25) is 0 Å². The predicted molar refractivity (Wildman–Crippen MR) is 87.3 cm³/mol. The zero-order chi connectivity index (χ0) is 17.0. The Balaban J connectivity index is 1.92. The number of likely N-dealkylation sites (N-methyl/N-ethyl adjacent to an activating group) is 1. The zero-order valence-corrected chi connectivity index (χ0v) is 14.0. The minimum atomic E-state index is -0.302. The summed E-state index contributed by atoms with van der Waals surface area (Å²) < 4.78 is 18.5. The van der Waals surface area contributed by atoms with Gasteiger partial charge in [-0.2, -0.15) is 0 Å². The van der Waals surface area contributed by atoms with Gasteiger partial charge in [0.2, 0.25) is 5.91 Å². The van der Waals surface area contributed by atoms with Crippen molar-refractivity contribution in [2.45, 2.75) is 39.4 Å². The van der Waals surface area contributed by atoms with Crippen LogP contribution in [0.15, 0.2) is 40.8 Å². The third-order valence-electron chi connectivity index (χ3n) is 3.97. The summed E-state index contributed by atoms with van der Waals surface area (Å²) in [7, 11) is 1.88. The molecule has 1 aromatic carbocycles. The van der Waals surface area contributed by atoms with Crippen LogP contribution in [0, 0.1) is 12.7 Å². The number of nitrogens with zero attached hydrogens (tertiary/aromatic N) is 1. The highest BCUT2D eigenvalue weighted by Gasteiger charge is 2.21. The van der Waals surface area contributed by atoms with Crippen molar-refractivity contribution >= 4 is 5.91 Å². The summed E-state index contributed by atoms with van der Waals surface area (Å²) in [6.07, 6.45) is 0. The number of furan rings is 1. The van der Waals surface area contributed by atoms with Crippen LogP contribution in [0.5, 0.6) is 0 Å². The van der Waals surface area contributed by atoms with Crippen LogP contribution in [0.1, 0.15) is 37.0 Å². The molecule has 2 rings (SSSR count). The second kappa shape index (κ2) is 7.42. The number of benzene rings is 1. The summed E-state index contributed by atoms with van der Waals surface area (Å²) in [5.41, 5.74) is 0.872. The number of carbonyl (C=O) groups excluding carboxylic acids is 1. The Bertz CT molecular complexity index is 651. The molecule has 0 bridgehead atoms. The summed E-state index contributed by atoms with van der Waals surface area (Å²) in [4.78, 5) is 14.3. The fraction of sp³-hybridized carbons (Fsp3) is 0.389. The minimum absolute atomic E-state index is 0.0763. The van der Waals surface area contributed by atoms with E-state index in [4.69, 9.17) is 4.42 Å². The van der Waals surface area contributed by atoms with Gasteiger partial charge in [-0.3, -0.25) is 9.69 Å². The summed E-state index contributed by atoms with van der Waals surface area (Å²) in [6, 6.07) is 9.50. The third-order valence-corrected chi connectivity index (χ3v) is 3.97. The maximum absolute atomic E-state index is 13.0. The van der Waals surface area contributed by atoms with Gasteiger partial charge in [0.1, 0.15) is 17.3 Å². The number of aryl methyl sites for hydroxylation is 1. The number of amides is 1. The van der Waals surface area contributed by atoms with Gasteiger partial charge in [-0.25, -0.2) is 4.39 Å². The summed E-state index contributed by atoms with van der Waals surface area (Å²) >= 11 is 0. The van der Waals surface area contributed by atoms with Gasteiger partial charge in [0, 0.05) is 0 Å². The number of halogens is 1. The second-order valence-corrected chi connectivity index (χ2v) is 5.89. The molecule has 1 N–H and O–H groups in total. The third kappa shape index (κ3) is 4.66. The number of hydrogen-bond donors (Lipinski definition) is 1. The molecule has 23 heavy (non-hydrogen) atoms. The van der Waals surface area contributed by atoms with E-state index in [-0.39, 0.29) is 23.8 Å². The lowest BCUT2D eigenvalue weighted by atomic mass is 10.1. The lowest BCUT2D eigenvalue weighted by Gasteiger charge is -2.25. The van der Waals surface area contributed by atoms with Crippen molar-refractivity contribution in [2.24, 2.45) is 0 Å². The van der Waals surface area contributed by atoms with E-state index in [2.05, 4.69) is 5.32 Å². The predicted octanol–water partition coefficient (Wildman–Crippen LogP) is 3.42. The van der Waals surface area contributed by atoms with Gasteiger partial charge in [-0.05, 0) is 57.6 Å². The average molecular weight is 318 g/mol. The van der Waals surface area contributed by atoms with Crippen molar-refractivity contribution in [1.82, 2.24) is 10.2 Å². The smallest absolute Gasteiger partial charge is 0.237 e. The van der Waals surface area contributed by atoms with E-state index in [0.29, 0.717) is 6.54 Å². The first-order chi connectivity index (χ1) is 10.9. The van der Waals surface area contributed by atoms with Crippen LogP contribution in [-0.4, -0.2) is 23.9 Å². The Labute approximate surface area is 136 Å². The molecule has 1 aromatic heterocycles. The summed E-state index contributed by atoms with van der Waals surface area (Å²) in [5, 5.41) is 2.95. The Morgan fingerprint density at radius 3 is 2.43 bits per heavy atom. The quantitative estimate of drug-likeness (QED) is 0.887. The summed E-state index contributed by atoms with van der Waals surface area (Å²) in [5.74, 6) is 1.33. The van der Waals surface area contributed by atoms with Crippen LogP contribution in [0.25, 0.3) is 0 Å². The fourth-order valence-electron chi connectivity index (χ4n) is 2.32. The van der Waals surface area contributed by atoms with Crippen LogP contribution in [0.3, 0.4) is 0 Å². The summed E-state index contributed by atoms with van der Waals surface area (Å²) in [6.45, 7) is 6.19. The van der Waals surface area contributed by atoms with Crippen molar-refractivity contribution in [3.05, 3.63) is 59.3 Å². The van der Waals surface area contributed by atoms with E-state index in [9.17, 15) is 9.18 Å². The van der Waals surface area contributed by atoms with Gasteiger partial charge in [0.15, 0.2) is 0 Å². The fourth-order valence-corrected chi connectivity index (χ4v) is 2.32. The molecule has 124 valence electrons. The molecule has 4 nitrogen and oxygen atoms in total. The minimum Gasteiger partial charge on any atom is -0.465 e. The topological polar surface area (TPSA) is 45.5 Å². The van der Waals surface area contributed by atoms with Crippen LogP contribution < -0.4 is 5.32 Å². The highest BCUT2D eigenvalue weighted by Crippen LogP contribution is 2.14. The van der Waals surface area contributed by atoms with Crippen LogP contribution >= 0.6 is 0 Å².